The predicted octanol–water partition coefficient (Wildman–Crippen LogP) is 4.57. The molecule has 130 valence electrons. The number of hydrogen-bond acceptors (Lipinski definition) is 2. The van der Waals surface area contributed by atoms with E-state index in [2.05, 4.69) is 28.2 Å². The predicted molar refractivity (Wildman–Crippen MR) is 103 cm³/mol. The van der Waals surface area contributed by atoms with Crippen LogP contribution in [0.4, 0.5) is 5.69 Å². The van der Waals surface area contributed by atoms with Gasteiger partial charge in [0, 0.05) is 28.8 Å². The van der Waals surface area contributed by atoms with Crippen molar-refractivity contribution in [3.8, 4) is 0 Å². The molecule has 1 fully saturated rings. The summed E-state index contributed by atoms with van der Waals surface area (Å²) < 4.78 is 0.749. The minimum atomic E-state index is -0.184. The quantitative estimate of drug-likeness (QED) is 0.819. The fourth-order valence-electron chi connectivity index (χ4n) is 2.93. The molecule has 0 aromatic heterocycles. The molecule has 3 rings (SSSR count). The second kappa shape index (κ2) is 7.83. The van der Waals surface area contributed by atoms with E-state index in [9.17, 15) is 9.59 Å². The lowest BCUT2D eigenvalue weighted by atomic mass is 9.98. The van der Waals surface area contributed by atoms with Crippen LogP contribution in [0.5, 0.6) is 0 Å². The summed E-state index contributed by atoms with van der Waals surface area (Å²) in [5.41, 5.74) is 1.91. The largest absolute Gasteiger partial charge is 0.339 e. The number of hydrogen-bond donors (Lipinski definition) is 1. The topological polar surface area (TPSA) is 49.4 Å². The molecule has 2 aromatic rings. The van der Waals surface area contributed by atoms with Crippen LogP contribution in [0.3, 0.4) is 0 Å². The average Bonchev–Trinajstić information content (AvgIpc) is 2.63. The van der Waals surface area contributed by atoms with Crippen LogP contribution < -0.4 is 5.32 Å². The Hall–Kier alpha value is -2.14. The molecule has 0 bridgehead atoms. The molecule has 0 saturated carbocycles. The fourth-order valence-corrected chi connectivity index (χ4v) is 3.40. The number of piperidine rings is 1. The standard InChI is InChI=1S/C20H21BrN2O2/c1-14-10-12-23(13-11-14)20(25)15-6-8-16(9-7-15)22-19(24)17-4-2-3-5-18(17)21/h2-9,14H,10-13H2,1H3,(H,22,24). The number of amides is 2. The van der Waals surface area contributed by atoms with Crippen molar-refractivity contribution in [2.45, 2.75) is 19.8 Å². The molecule has 0 atom stereocenters. The van der Waals surface area contributed by atoms with Crippen molar-refractivity contribution >= 4 is 33.4 Å². The van der Waals surface area contributed by atoms with E-state index in [-0.39, 0.29) is 11.8 Å². The van der Waals surface area contributed by atoms with Crippen LogP contribution in [0.2, 0.25) is 0 Å². The van der Waals surface area contributed by atoms with E-state index < -0.39 is 0 Å². The zero-order chi connectivity index (χ0) is 17.8. The molecule has 5 heteroatoms. The number of anilines is 1. The molecule has 25 heavy (non-hydrogen) atoms. The summed E-state index contributed by atoms with van der Waals surface area (Å²) in [7, 11) is 0. The summed E-state index contributed by atoms with van der Waals surface area (Å²) in [6, 6.07) is 14.4. The van der Waals surface area contributed by atoms with Gasteiger partial charge in [-0.3, -0.25) is 9.59 Å². The van der Waals surface area contributed by atoms with Gasteiger partial charge >= 0.3 is 0 Å². The van der Waals surface area contributed by atoms with Crippen molar-refractivity contribution < 1.29 is 9.59 Å². The maximum absolute atomic E-state index is 12.5. The Labute approximate surface area is 156 Å². The Morgan fingerprint density at radius 1 is 1.04 bits per heavy atom. The van der Waals surface area contributed by atoms with Crippen molar-refractivity contribution in [3.05, 3.63) is 64.1 Å². The SMILES string of the molecule is CC1CCN(C(=O)c2ccc(NC(=O)c3ccccc3Br)cc2)CC1. The van der Waals surface area contributed by atoms with Gasteiger partial charge in [0.2, 0.25) is 0 Å². The molecule has 0 spiro atoms. The van der Waals surface area contributed by atoms with E-state index in [1.807, 2.05) is 23.1 Å². The maximum atomic E-state index is 12.5. The summed E-state index contributed by atoms with van der Waals surface area (Å²) >= 11 is 3.38. The van der Waals surface area contributed by atoms with Gasteiger partial charge in [-0.05, 0) is 71.1 Å². The number of nitrogens with one attached hydrogen (secondary N) is 1. The summed E-state index contributed by atoms with van der Waals surface area (Å²) in [4.78, 5) is 26.8. The highest BCUT2D eigenvalue weighted by Gasteiger charge is 2.21. The number of carbonyl (C=O) groups is 2. The first kappa shape index (κ1) is 17.7. The van der Waals surface area contributed by atoms with Crippen LogP contribution in [0.15, 0.2) is 53.0 Å². The molecule has 4 nitrogen and oxygen atoms in total. The van der Waals surface area contributed by atoms with Crippen LogP contribution in [0, 0.1) is 5.92 Å². The molecule has 2 amide bonds. The Morgan fingerprint density at radius 2 is 1.68 bits per heavy atom. The van der Waals surface area contributed by atoms with Crippen LogP contribution in [0.1, 0.15) is 40.5 Å². The third-order valence-electron chi connectivity index (χ3n) is 4.58. The molecule has 1 aliphatic rings. The number of halogens is 1. The van der Waals surface area contributed by atoms with Crippen molar-refractivity contribution in [2.75, 3.05) is 18.4 Å². The van der Waals surface area contributed by atoms with E-state index in [1.165, 1.54) is 0 Å². The number of nitrogens with zero attached hydrogens (tertiary/aromatic N) is 1. The Bertz CT molecular complexity index is 766. The Kier molecular flexibility index (Phi) is 5.53. The highest BCUT2D eigenvalue weighted by molar-refractivity contribution is 9.10. The molecule has 1 aliphatic heterocycles. The van der Waals surface area contributed by atoms with Gasteiger partial charge in [-0.15, -0.1) is 0 Å². The number of rotatable bonds is 3. The lowest BCUT2D eigenvalue weighted by Crippen LogP contribution is -2.37. The molecule has 0 aliphatic carbocycles. The van der Waals surface area contributed by atoms with Crippen molar-refractivity contribution in [1.82, 2.24) is 4.90 Å². The van der Waals surface area contributed by atoms with Gasteiger partial charge in [0.25, 0.3) is 11.8 Å². The third-order valence-corrected chi connectivity index (χ3v) is 5.27. The molecule has 2 aromatic carbocycles. The van der Waals surface area contributed by atoms with Gasteiger partial charge < -0.3 is 10.2 Å². The van der Waals surface area contributed by atoms with Crippen LogP contribution >= 0.6 is 15.9 Å². The smallest absolute Gasteiger partial charge is 0.256 e. The lowest BCUT2D eigenvalue weighted by Gasteiger charge is -2.30. The van der Waals surface area contributed by atoms with Crippen molar-refractivity contribution in [3.63, 3.8) is 0 Å². The number of benzene rings is 2. The van der Waals surface area contributed by atoms with E-state index >= 15 is 0 Å². The monoisotopic (exact) mass is 400 g/mol. The first-order valence-electron chi connectivity index (χ1n) is 8.50. The minimum Gasteiger partial charge on any atom is -0.339 e. The molecule has 0 radical (unpaired) electrons. The van der Waals surface area contributed by atoms with E-state index in [0.717, 1.165) is 30.4 Å². The van der Waals surface area contributed by atoms with Crippen LogP contribution in [-0.2, 0) is 0 Å². The summed E-state index contributed by atoms with van der Waals surface area (Å²) in [6.45, 7) is 3.87. The number of likely N-dealkylation sites (tertiary alicyclic amines) is 1. The number of carbonyl (C=O) groups excluding carboxylic acids is 2. The zero-order valence-electron chi connectivity index (χ0n) is 14.2. The van der Waals surface area contributed by atoms with E-state index in [1.54, 1.807) is 30.3 Å². The average molecular weight is 401 g/mol. The lowest BCUT2D eigenvalue weighted by molar-refractivity contribution is 0.0697. The molecule has 1 heterocycles. The van der Waals surface area contributed by atoms with Crippen molar-refractivity contribution in [2.24, 2.45) is 5.92 Å². The van der Waals surface area contributed by atoms with Gasteiger partial charge in [0.15, 0.2) is 0 Å². The van der Waals surface area contributed by atoms with Gasteiger partial charge in [0.1, 0.15) is 0 Å². The minimum absolute atomic E-state index is 0.0654. The molecular weight excluding hydrogens is 380 g/mol. The summed E-state index contributed by atoms with van der Waals surface area (Å²) in [6.07, 6.45) is 2.12. The maximum Gasteiger partial charge on any atom is 0.256 e. The van der Waals surface area contributed by atoms with Gasteiger partial charge in [-0.1, -0.05) is 19.1 Å². The van der Waals surface area contributed by atoms with Crippen molar-refractivity contribution in [1.29, 1.82) is 0 Å². The van der Waals surface area contributed by atoms with E-state index in [0.29, 0.717) is 22.7 Å². The third kappa shape index (κ3) is 4.28. The Balaban J connectivity index is 1.65. The first-order valence-corrected chi connectivity index (χ1v) is 9.29. The van der Waals surface area contributed by atoms with Crippen LogP contribution in [-0.4, -0.2) is 29.8 Å². The van der Waals surface area contributed by atoms with E-state index in [4.69, 9.17) is 0 Å². The highest BCUT2D eigenvalue weighted by atomic mass is 79.9. The summed E-state index contributed by atoms with van der Waals surface area (Å²) in [5, 5.41) is 2.86. The molecular formula is C20H21BrN2O2. The normalized spacial score (nSPS) is 15.0. The summed E-state index contributed by atoms with van der Waals surface area (Å²) in [5.74, 6) is 0.575. The highest BCUT2D eigenvalue weighted by Crippen LogP contribution is 2.20. The second-order valence-electron chi connectivity index (χ2n) is 6.49. The Morgan fingerprint density at radius 3 is 2.32 bits per heavy atom. The molecule has 1 saturated heterocycles. The second-order valence-corrected chi connectivity index (χ2v) is 7.34. The zero-order valence-corrected chi connectivity index (χ0v) is 15.8. The fraction of sp³-hybridized carbons (Fsp3) is 0.300. The molecule has 1 N–H and O–H groups in total. The van der Waals surface area contributed by atoms with Gasteiger partial charge in [-0.2, -0.15) is 0 Å². The van der Waals surface area contributed by atoms with Gasteiger partial charge in [0.05, 0.1) is 5.56 Å². The first-order chi connectivity index (χ1) is 12.0. The van der Waals surface area contributed by atoms with Gasteiger partial charge in [-0.25, -0.2) is 0 Å². The van der Waals surface area contributed by atoms with Crippen LogP contribution in [0.25, 0.3) is 0 Å². The molecule has 0 unspecified atom stereocenters.